The number of β-amino-alcohol motifs (C(OH)–C–C–N with tert-alkyl or cyclic N) is 1. The molecule has 214 valence electrons. The number of halogens is 1. The summed E-state index contributed by atoms with van der Waals surface area (Å²) in [4.78, 5) is 20.0. The van der Waals surface area contributed by atoms with E-state index in [1.54, 1.807) is 30.6 Å². The van der Waals surface area contributed by atoms with Gasteiger partial charge in [-0.25, -0.2) is 19.3 Å². The van der Waals surface area contributed by atoms with Crippen LogP contribution in [0.1, 0.15) is 31.7 Å². The van der Waals surface area contributed by atoms with Gasteiger partial charge in [0, 0.05) is 73.7 Å². The van der Waals surface area contributed by atoms with Gasteiger partial charge in [-0.1, -0.05) is 12.1 Å². The van der Waals surface area contributed by atoms with Crippen LogP contribution < -0.4 is 10.2 Å². The number of nitrogens with zero attached hydrogens (tertiary/aromatic N) is 7. The summed E-state index contributed by atoms with van der Waals surface area (Å²) in [7, 11) is 0. The lowest BCUT2D eigenvalue weighted by molar-refractivity contribution is 0.0662. The predicted molar refractivity (Wildman–Crippen MR) is 158 cm³/mol. The van der Waals surface area contributed by atoms with Crippen LogP contribution in [0.25, 0.3) is 33.4 Å². The van der Waals surface area contributed by atoms with Gasteiger partial charge in [-0.2, -0.15) is 5.10 Å². The van der Waals surface area contributed by atoms with Crippen LogP contribution in [-0.2, 0) is 4.74 Å². The van der Waals surface area contributed by atoms with E-state index >= 15 is 4.39 Å². The van der Waals surface area contributed by atoms with Crippen molar-refractivity contribution < 1.29 is 14.2 Å². The van der Waals surface area contributed by atoms with Crippen LogP contribution in [0.3, 0.4) is 0 Å². The molecule has 2 fully saturated rings. The molecule has 0 bridgehead atoms. The normalized spacial score (nSPS) is 18.0. The van der Waals surface area contributed by atoms with Crippen LogP contribution in [0, 0.1) is 5.82 Å². The van der Waals surface area contributed by atoms with Crippen LogP contribution in [0.5, 0.6) is 0 Å². The minimum Gasteiger partial charge on any atom is -0.391 e. The van der Waals surface area contributed by atoms with Crippen molar-refractivity contribution in [1.82, 2.24) is 29.7 Å². The molecule has 5 aromatic rings. The largest absolute Gasteiger partial charge is 0.391 e. The average molecular weight is 567 g/mol. The van der Waals surface area contributed by atoms with Crippen molar-refractivity contribution in [2.75, 3.05) is 36.5 Å². The lowest BCUT2D eigenvalue weighted by Crippen LogP contribution is -2.38. The molecule has 6 heterocycles. The van der Waals surface area contributed by atoms with Gasteiger partial charge in [0.2, 0.25) is 0 Å². The van der Waals surface area contributed by atoms with Crippen LogP contribution in [0.4, 0.5) is 21.7 Å². The summed E-state index contributed by atoms with van der Waals surface area (Å²) in [6, 6.07) is 11.1. The quantitative estimate of drug-likeness (QED) is 0.288. The highest BCUT2D eigenvalue weighted by Gasteiger charge is 2.23. The van der Waals surface area contributed by atoms with Crippen molar-refractivity contribution in [3.8, 4) is 22.5 Å². The maximum absolute atomic E-state index is 15.3. The van der Waals surface area contributed by atoms with Crippen LogP contribution in [-0.4, -0.2) is 67.2 Å². The first-order chi connectivity index (χ1) is 20.6. The first-order valence-electron chi connectivity index (χ1n) is 14.3. The van der Waals surface area contributed by atoms with E-state index in [2.05, 4.69) is 36.5 Å². The molecule has 0 amide bonds. The number of hydrogen-bond donors (Lipinski definition) is 2. The van der Waals surface area contributed by atoms with E-state index in [0.29, 0.717) is 29.6 Å². The van der Waals surface area contributed by atoms with Gasteiger partial charge in [-0.05, 0) is 43.9 Å². The molecular formula is C31H31FN8O2. The molecular weight excluding hydrogens is 535 g/mol. The van der Waals surface area contributed by atoms with E-state index in [0.717, 1.165) is 62.3 Å². The highest BCUT2D eigenvalue weighted by Crippen LogP contribution is 2.35. The number of piperidine rings is 1. The minimum atomic E-state index is -0.458. The van der Waals surface area contributed by atoms with Crippen molar-refractivity contribution in [2.24, 2.45) is 0 Å². The molecule has 0 aliphatic carbocycles. The molecule has 42 heavy (non-hydrogen) atoms. The van der Waals surface area contributed by atoms with Crippen LogP contribution in [0.2, 0.25) is 0 Å². The number of anilines is 3. The molecule has 2 aliphatic heterocycles. The summed E-state index contributed by atoms with van der Waals surface area (Å²) in [5, 5.41) is 19.1. The van der Waals surface area contributed by atoms with E-state index in [9.17, 15) is 5.11 Å². The topological polar surface area (TPSA) is 114 Å². The average Bonchev–Trinajstić information content (AvgIpc) is 3.52. The van der Waals surface area contributed by atoms with Crippen molar-refractivity contribution >= 4 is 28.2 Å². The van der Waals surface area contributed by atoms with Gasteiger partial charge in [0.15, 0.2) is 11.6 Å². The monoisotopic (exact) mass is 566 g/mol. The molecule has 11 heteroatoms. The van der Waals surface area contributed by atoms with Gasteiger partial charge in [0.1, 0.15) is 17.2 Å². The Kier molecular flexibility index (Phi) is 7.18. The Hall–Kier alpha value is -4.48. The Morgan fingerprint density at radius 3 is 2.74 bits per heavy atom. The van der Waals surface area contributed by atoms with Crippen LogP contribution in [0.15, 0.2) is 67.4 Å². The van der Waals surface area contributed by atoms with E-state index in [4.69, 9.17) is 9.72 Å². The number of aliphatic hydroxyl groups is 1. The van der Waals surface area contributed by atoms with Gasteiger partial charge in [-0.3, -0.25) is 9.67 Å². The second-order valence-electron chi connectivity index (χ2n) is 10.8. The van der Waals surface area contributed by atoms with Gasteiger partial charge >= 0.3 is 0 Å². The summed E-state index contributed by atoms with van der Waals surface area (Å²) in [5.41, 5.74) is 3.43. The molecule has 10 nitrogen and oxygen atoms in total. The van der Waals surface area contributed by atoms with E-state index in [1.807, 2.05) is 35.3 Å². The van der Waals surface area contributed by atoms with Crippen molar-refractivity contribution in [3.63, 3.8) is 0 Å². The zero-order valence-corrected chi connectivity index (χ0v) is 23.0. The molecule has 0 radical (unpaired) electrons. The number of rotatable bonds is 6. The Balaban J connectivity index is 1.20. The van der Waals surface area contributed by atoms with Crippen molar-refractivity contribution in [1.29, 1.82) is 0 Å². The third-order valence-corrected chi connectivity index (χ3v) is 7.96. The fourth-order valence-electron chi connectivity index (χ4n) is 5.77. The zero-order chi connectivity index (χ0) is 28.5. The van der Waals surface area contributed by atoms with E-state index in [-0.39, 0.29) is 16.9 Å². The first-order valence-corrected chi connectivity index (χ1v) is 14.3. The number of nitrogens with one attached hydrogen (secondary N) is 1. The maximum Gasteiger partial charge on any atom is 0.164 e. The third kappa shape index (κ3) is 5.28. The Labute approximate surface area is 242 Å². The molecule has 2 aliphatic rings. The SMILES string of the molecule is O[C@H]1CCCN(c2cc(Nc3ccnc(-c4ccc5cccnc5c4F)n3)ncc2-c2cnn(C3CCOCC3)c2)C1. The Morgan fingerprint density at radius 2 is 1.86 bits per heavy atom. The van der Waals surface area contributed by atoms with Gasteiger partial charge < -0.3 is 20.1 Å². The fraction of sp³-hybridized carbons (Fsp3) is 0.323. The molecule has 0 unspecified atom stereocenters. The number of ether oxygens (including phenoxy) is 1. The molecule has 0 spiro atoms. The van der Waals surface area contributed by atoms with Gasteiger partial charge in [0.05, 0.1) is 29.6 Å². The predicted octanol–water partition coefficient (Wildman–Crippen LogP) is 5.15. The molecule has 0 saturated carbocycles. The summed E-state index contributed by atoms with van der Waals surface area (Å²) >= 11 is 0. The lowest BCUT2D eigenvalue weighted by atomic mass is 10.0. The minimum absolute atomic E-state index is 0.251. The number of fused-ring (bicyclic) bond motifs is 1. The maximum atomic E-state index is 15.3. The molecule has 2 N–H and O–H groups in total. The summed E-state index contributed by atoms with van der Waals surface area (Å²) in [5.74, 6) is 0.857. The standard InChI is InChI=1S/C31H31FN8O2/c32-29-24(6-5-20-3-1-10-33-30(20)29)31-34-11-7-27(38-31)37-28-15-26(39-12-2-4-23(41)19-39)25(17-35-28)21-16-36-40(18-21)22-8-13-42-14-9-22/h1,3,5-7,10-11,15-18,22-23,41H,2,4,8-9,12-14,19H2,(H,34,35,37,38)/t23-/m0/s1. The third-order valence-electron chi connectivity index (χ3n) is 7.96. The summed E-state index contributed by atoms with van der Waals surface area (Å²) in [6.45, 7) is 2.85. The molecule has 1 aromatic carbocycles. The zero-order valence-electron chi connectivity index (χ0n) is 23.0. The highest BCUT2D eigenvalue weighted by molar-refractivity contribution is 5.84. The second-order valence-corrected chi connectivity index (χ2v) is 10.8. The highest BCUT2D eigenvalue weighted by atomic mass is 19.1. The van der Waals surface area contributed by atoms with Crippen molar-refractivity contribution in [2.45, 2.75) is 37.8 Å². The number of benzene rings is 1. The van der Waals surface area contributed by atoms with Crippen LogP contribution >= 0.6 is 0 Å². The van der Waals surface area contributed by atoms with E-state index < -0.39 is 11.9 Å². The van der Waals surface area contributed by atoms with Crippen molar-refractivity contribution in [3.05, 3.63) is 73.2 Å². The number of hydrogen-bond acceptors (Lipinski definition) is 9. The molecule has 2 saturated heterocycles. The smallest absolute Gasteiger partial charge is 0.164 e. The molecule has 1 atom stereocenters. The lowest BCUT2D eigenvalue weighted by Gasteiger charge is -2.33. The Morgan fingerprint density at radius 1 is 0.952 bits per heavy atom. The fourth-order valence-corrected chi connectivity index (χ4v) is 5.77. The molecule has 7 rings (SSSR count). The second kappa shape index (κ2) is 11.4. The summed E-state index contributed by atoms with van der Waals surface area (Å²) in [6.07, 6.45) is 12.1. The summed E-state index contributed by atoms with van der Waals surface area (Å²) < 4.78 is 22.9. The number of aromatic nitrogens is 6. The first kappa shape index (κ1) is 26.4. The van der Waals surface area contributed by atoms with Gasteiger partial charge in [-0.15, -0.1) is 0 Å². The number of pyridine rings is 2. The molecule has 4 aromatic heterocycles. The number of aliphatic hydroxyl groups excluding tert-OH is 1. The van der Waals surface area contributed by atoms with E-state index in [1.165, 1.54) is 0 Å². The Bertz CT molecular complexity index is 1720. The van der Waals surface area contributed by atoms with Gasteiger partial charge in [0.25, 0.3) is 0 Å².